The Morgan fingerprint density at radius 2 is 1.46 bits per heavy atom. The summed E-state index contributed by atoms with van der Waals surface area (Å²) in [5.41, 5.74) is 8.21. The molecule has 2 saturated heterocycles. The Morgan fingerprint density at radius 1 is 0.786 bits per heavy atom. The number of hydrogen-bond donors (Lipinski definition) is 0. The number of pyridine rings is 1. The highest BCUT2D eigenvalue weighted by molar-refractivity contribution is 5.81. The van der Waals surface area contributed by atoms with Gasteiger partial charge in [-0.1, -0.05) is 12.1 Å². The fraction of sp³-hybridized carbons (Fsp3) is 0.400. The van der Waals surface area contributed by atoms with Crippen LogP contribution in [0, 0.1) is 6.92 Å². The third kappa shape index (κ3) is 2.94. The van der Waals surface area contributed by atoms with Gasteiger partial charge < -0.3 is 9.80 Å². The lowest BCUT2D eigenvalue weighted by Gasteiger charge is -2.26. The summed E-state index contributed by atoms with van der Waals surface area (Å²) in [6.07, 6.45) is 5.25. The molecule has 1 aromatic heterocycles. The average molecular weight is 373 g/mol. The molecule has 0 amide bonds. The number of aryl methyl sites for hydroxylation is 1. The highest BCUT2D eigenvalue weighted by atomic mass is 15.2. The molecule has 2 aliphatic heterocycles. The number of fused-ring (bicyclic) bond motifs is 1. The summed E-state index contributed by atoms with van der Waals surface area (Å²) in [7, 11) is 2.20. The number of nitrogens with zero attached hydrogens (tertiary/aromatic N) is 3. The van der Waals surface area contributed by atoms with E-state index in [0.29, 0.717) is 0 Å². The zero-order chi connectivity index (χ0) is 19.1. The Balaban J connectivity index is 1.70. The van der Waals surface area contributed by atoms with Gasteiger partial charge >= 0.3 is 0 Å². The molecule has 28 heavy (non-hydrogen) atoms. The van der Waals surface area contributed by atoms with Crippen molar-refractivity contribution >= 4 is 22.3 Å². The van der Waals surface area contributed by atoms with Crippen molar-refractivity contribution in [1.82, 2.24) is 0 Å². The van der Waals surface area contributed by atoms with E-state index in [1.165, 1.54) is 91.0 Å². The number of rotatable bonds is 3. The first-order chi connectivity index (χ1) is 13.7. The Kier molecular flexibility index (Phi) is 4.46. The zero-order valence-corrected chi connectivity index (χ0v) is 17.1. The summed E-state index contributed by atoms with van der Waals surface area (Å²) in [4.78, 5) is 5.17. The molecular weight excluding hydrogens is 342 g/mol. The van der Waals surface area contributed by atoms with Crippen molar-refractivity contribution in [1.29, 1.82) is 0 Å². The fourth-order valence-corrected chi connectivity index (χ4v) is 5.01. The molecule has 0 saturated carbocycles. The fourth-order valence-electron chi connectivity index (χ4n) is 5.01. The van der Waals surface area contributed by atoms with Crippen molar-refractivity contribution in [2.45, 2.75) is 32.6 Å². The van der Waals surface area contributed by atoms with Gasteiger partial charge in [0, 0.05) is 55.1 Å². The number of para-hydroxylation sites is 1. The number of anilines is 2. The van der Waals surface area contributed by atoms with Crippen LogP contribution in [0.4, 0.5) is 11.4 Å². The molecule has 144 valence electrons. The third-order valence-electron chi connectivity index (χ3n) is 6.64. The molecule has 5 rings (SSSR count). The molecule has 2 aromatic carbocycles. The second-order valence-electron chi connectivity index (χ2n) is 8.36. The van der Waals surface area contributed by atoms with Gasteiger partial charge in [-0.3, -0.25) is 0 Å². The molecule has 3 heterocycles. The van der Waals surface area contributed by atoms with Crippen LogP contribution >= 0.6 is 0 Å². The van der Waals surface area contributed by atoms with Crippen molar-refractivity contribution in [2.24, 2.45) is 7.05 Å². The van der Waals surface area contributed by atoms with E-state index in [1.54, 1.807) is 0 Å². The second kappa shape index (κ2) is 7.12. The van der Waals surface area contributed by atoms with Gasteiger partial charge in [0.1, 0.15) is 7.05 Å². The van der Waals surface area contributed by atoms with Gasteiger partial charge in [-0.2, -0.15) is 4.57 Å². The van der Waals surface area contributed by atoms with E-state index in [-0.39, 0.29) is 0 Å². The van der Waals surface area contributed by atoms with Crippen LogP contribution in [0.25, 0.3) is 22.2 Å². The van der Waals surface area contributed by atoms with Crippen LogP contribution in [0.15, 0.2) is 48.5 Å². The lowest BCUT2D eigenvalue weighted by atomic mass is 9.99. The maximum atomic E-state index is 2.60. The number of aromatic nitrogens is 1. The quantitative estimate of drug-likeness (QED) is 0.609. The van der Waals surface area contributed by atoms with Crippen LogP contribution in [0.1, 0.15) is 31.2 Å². The topological polar surface area (TPSA) is 10.4 Å². The predicted molar refractivity (Wildman–Crippen MR) is 118 cm³/mol. The summed E-state index contributed by atoms with van der Waals surface area (Å²) in [6.45, 7) is 7.06. The van der Waals surface area contributed by atoms with Gasteiger partial charge in [0.15, 0.2) is 0 Å². The normalized spacial score (nSPS) is 17.1. The maximum Gasteiger partial charge on any atom is 0.213 e. The van der Waals surface area contributed by atoms with E-state index in [9.17, 15) is 0 Å². The molecule has 0 atom stereocenters. The highest BCUT2D eigenvalue weighted by Gasteiger charge is 2.24. The Hall–Kier alpha value is -2.55. The molecule has 0 radical (unpaired) electrons. The summed E-state index contributed by atoms with van der Waals surface area (Å²) >= 11 is 0. The molecule has 0 N–H and O–H groups in total. The molecule has 3 nitrogen and oxygen atoms in total. The molecule has 0 unspecified atom stereocenters. The van der Waals surface area contributed by atoms with Gasteiger partial charge in [0.05, 0.1) is 5.56 Å². The minimum absolute atomic E-state index is 1.19. The average Bonchev–Trinajstić information content (AvgIpc) is 3.43. The lowest BCUT2D eigenvalue weighted by molar-refractivity contribution is -0.633. The standard InChI is InChI=1S/C25H30N3/c1-19-22(24-12-11-20-9-3-4-10-23(20)26(24)2)17-21(27-13-5-6-14-27)18-25(19)28-15-7-8-16-28/h3-4,9-12,17-18H,5-8,13-16H2,1-2H3/q+1. The summed E-state index contributed by atoms with van der Waals surface area (Å²) in [5, 5.41) is 1.29. The van der Waals surface area contributed by atoms with Gasteiger partial charge in [-0.05, 0) is 62.4 Å². The molecule has 0 spiro atoms. The molecule has 0 bridgehead atoms. The van der Waals surface area contributed by atoms with Crippen LogP contribution < -0.4 is 14.4 Å². The van der Waals surface area contributed by atoms with E-state index < -0.39 is 0 Å². The van der Waals surface area contributed by atoms with Crippen LogP contribution in [0.5, 0.6) is 0 Å². The smallest absolute Gasteiger partial charge is 0.213 e. The van der Waals surface area contributed by atoms with Crippen LogP contribution in [0.3, 0.4) is 0 Å². The first-order valence-electron chi connectivity index (χ1n) is 10.7. The van der Waals surface area contributed by atoms with E-state index in [4.69, 9.17) is 0 Å². The minimum atomic E-state index is 1.19. The predicted octanol–water partition coefficient (Wildman–Crippen LogP) is 4.84. The van der Waals surface area contributed by atoms with Crippen molar-refractivity contribution in [3.05, 3.63) is 54.1 Å². The van der Waals surface area contributed by atoms with Crippen molar-refractivity contribution in [2.75, 3.05) is 36.0 Å². The van der Waals surface area contributed by atoms with Gasteiger partial charge in [0.25, 0.3) is 0 Å². The first kappa shape index (κ1) is 17.5. The van der Waals surface area contributed by atoms with Crippen LogP contribution in [0.2, 0.25) is 0 Å². The molecule has 2 aliphatic rings. The second-order valence-corrected chi connectivity index (χ2v) is 8.36. The summed E-state index contributed by atoms with van der Waals surface area (Å²) in [6, 6.07) is 18.1. The molecule has 2 fully saturated rings. The highest BCUT2D eigenvalue weighted by Crippen LogP contribution is 2.37. The monoisotopic (exact) mass is 372 g/mol. The van der Waals surface area contributed by atoms with E-state index in [2.05, 4.69) is 76.9 Å². The number of benzene rings is 2. The Labute approximate surface area is 168 Å². The minimum Gasteiger partial charge on any atom is -0.371 e. The summed E-state index contributed by atoms with van der Waals surface area (Å²) < 4.78 is 2.36. The zero-order valence-electron chi connectivity index (χ0n) is 17.1. The molecule has 3 heteroatoms. The third-order valence-corrected chi connectivity index (χ3v) is 6.64. The van der Waals surface area contributed by atoms with Gasteiger partial charge in [-0.15, -0.1) is 0 Å². The van der Waals surface area contributed by atoms with Crippen molar-refractivity contribution in [3.63, 3.8) is 0 Å². The largest absolute Gasteiger partial charge is 0.371 e. The SMILES string of the molecule is Cc1c(-c2ccc3ccccc3[n+]2C)cc(N2CCCC2)cc1N1CCCC1. The van der Waals surface area contributed by atoms with Crippen LogP contribution in [-0.4, -0.2) is 26.2 Å². The van der Waals surface area contributed by atoms with E-state index >= 15 is 0 Å². The number of hydrogen-bond acceptors (Lipinski definition) is 2. The summed E-state index contributed by atoms with van der Waals surface area (Å²) in [5.74, 6) is 0. The van der Waals surface area contributed by atoms with Gasteiger partial charge in [-0.25, -0.2) is 0 Å². The van der Waals surface area contributed by atoms with Crippen LogP contribution in [-0.2, 0) is 7.05 Å². The maximum absolute atomic E-state index is 2.60. The molecule has 3 aromatic rings. The van der Waals surface area contributed by atoms with Crippen molar-refractivity contribution < 1.29 is 4.57 Å². The molecular formula is C25H30N3+. The Morgan fingerprint density at radius 3 is 2.21 bits per heavy atom. The lowest BCUT2D eigenvalue weighted by Crippen LogP contribution is -2.32. The molecule has 0 aliphatic carbocycles. The Bertz CT molecular complexity index is 1010. The van der Waals surface area contributed by atoms with E-state index in [0.717, 1.165) is 0 Å². The van der Waals surface area contributed by atoms with Gasteiger partial charge in [0.2, 0.25) is 11.2 Å². The first-order valence-corrected chi connectivity index (χ1v) is 10.7. The van der Waals surface area contributed by atoms with Crippen molar-refractivity contribution in [3.8, 4) is 11.3 Å². The van der Waals surface area contributed by atoms with E-state index in [1.807, 2.05) is 0 Å².